The molecule has 0 amide bonds. The van der Waals surface area contributed by atoms with E-state index in [0.29, 0.717) is 22.8 Å². The molecule has 0 saturated carbocycles. The summed E-state index contributed by atoms with van der Waals surface area (Å²) in [5, 5.41) is 10.0. The average molecular weight is 399 g/mol. The number of nitrogens with one attached hydrogen (secondary N) is 1. The van der Waals surface area contributed by atoms with Crippen molar-refractivity contribution in [2.24, 2.45) is 7.05 Å². The van der Waals surface area contributed by atoms with Crippen LogP contribution in [-0.2, 0) is 13.6 Å². The number of rotatable bonds is 3. The SMILES string of the molecule is Cc1nc2c(n1CCO)C=Cc1cc(Cl)ccc1C2c1cn(C)c(=O)[nH]c1=O. The van der Waals surface area contributed by atoms with Crippen molar-refractivity contribution in [3.63, 3.8) is 0 Å². The van der Waals surface area contributed by atoms with Gasteiger partial charge in [-0.15, -0.1) is 0 Å². The van der Waals surface area contributed by atoms with Gasteiger partial charge in [-0.2, -0.15) is 0 Å². The Balaban J connectivity index is 2.07. The van der Waals surface area contributed by atoms with Crippen LogP contribution in [0.1, 0.15) is 39.8 Å². The van der Waals surface area contributed by atoms with Crippen LogP contribution >= 0.6 is 11.6 Å². The number of benzene rings is 1. The number of aryl methyl sites for hydroxylation is 2. The number of fused-ring (bicyclic) bond motifs is 2. The predicted octanol–water partition coefficient (Wildman–Crippen LogP) is 1.89. The molecule has 0 bridgehead atoms. The van der Waals surface area contributed by atoms with Crippen molar-refractivity contribution >= 4 is 23.8 Å². The van der Waals surface area contributed by atoms with E-state index in [1.807, 2.05) is 35.8 Å². The van der Waals surface area contributed by atoms with E-state index in [1.54, 1.807) is 19.3 Å². The molecule has 0 aliphatic heterocycles. The Hall–Kier alpha value is -2.90. The monoisotopic (exact) mass is 398 g/mol. The van der Waals surface area contributed by atoms with E-state index in [0.717, 1.165) is 22.6 Å². The van der Waals surface area contributed by atoms with Gasteiger partial charge in [0.05, 0.1) is 23.9 Å². The van der Waals surface area contributed by atoms with Gasteiger partial charge in [0.25, 0.3) is 5.56 Å². The van der Waals surface area contributed by atoms with Crippen LogP contribution in [0.4, 0.5) is 0 Å². The lowest BCUT2D eigenvalue weighted by Gasteiger charge is -2.18. The van der Waals surface area contributed by atoms with Crippen LogP contribution in [0, 0.1) is 6.92 Å². The van der Waals surface area contributed by atoms with Gasteiger partial charge in [-0.1, -0.05) is 23.7 Å². The number of hydrogen-bond acceptors (Lipinski definition) is 4. The summed E-state index contributed by atoms with van der Waals surface area (Å²) in [5.41, 5.74) is 2.76. The zero-order chi connectivity index (χ0) is 20.0. The van der Waals surface area contributed by atoms with Crippen molar-refractivity contribution in [1.82, 2.24) is 19.1 Å². The lowest BCUT2D eigenvalue weighted by atomic mass is 9.87. The highest BCUT2D eigenvalue weighted by Gasteiger charge is 2.30. The highest BCUT2D eigenvalue weighted by molar-refractivity contribution is 6.30. The van der Waals surface area contributed by atoms with Crippen LogP contribution in [-0.4, -0.2) is 30.8 Å². The molecular weight excluding hydrogens is 380 g/mol. The molecule has 0 fully saturated rings. The van der Waals surface area contributed by atoms with Crippen LogP contribution in [0.5, 0.6) is 0 Å². The number of halogens is 1. The summed E-state index contributed by atoms with van der Waals surface area (Å²) in [6.07, 6.45) is 5.42. The normalized spacial score (nSPS) is 15.2. The maximum absolute atomic E-state index is 12.7. The second kappa shape index (κ2) is 6.92. The summed E-state index contributed by atoms with van der Waals surface area (Å²) in [5.74, 6) is 0.263. The summed E-state index contributed by atoms with van der Waals surface area (Å²) in [6.45, 7) is 2.23. The standard InChI is InChI=1S/C20H19ClN4O3/c1-11-22-18-16(25(11)7-8-26)6-3-12-9-13(21)4-5-14(12)17(18)15-10-24(2)20(28)23-19(15)27/h3-6,9-10,17,26H,7-8H2,1-2H3,(H,23,27,28). The molecule has 144 valence electrons. The number of imidazole rings is 1. The van der Waals surface area contributed by atoms with Crippen molar-refractivity contribution in [3.05, 3.63) is 84.2 Å². The Bertz CT molecular complexity index is 1220. The van der Waals surface area contributed by atoms with Gasteiger partial charge < -0.3 is 14.2 Å². The number of aromatic amines is 1. The first-order chi connectivity index (χ1) is 13.4. The van der Waals surface area contributed by atoms with Crippen LogP contribution < -0.4 is 11.2 Å². The Morgan fingerprint density at radius 2 is 2.04 bits per heavy atom. The minimum atomic E-state index is -0.480. The number of aliphatic hydroxyl groups excluding tert-OH is 1. The molecule has 1 atom stereocenters. The van der Waals surface area contributed by atoms with E-state index in [2.05, 4.69) is 4.98 Å². The van der Waals surface area contributed by atoms with Crippen LogP contribution in [0.3, 0.4) is 0 Å². The second-order valence-electron chi connectivity index (χ2n) is 6.80. The molecule has 1 aliphatic rings. The van der Waals surface area contributed by atoms with Gasteiger partial charge in [-0.25, -0.2) is 9.78 Å². The maximum Gasteiger partial charge on any atom is 0.328 e. The van der Waals surface area contributed by atoms with Gasteiger partial charge in [0, 0.05) is 30.4 Å². The molecule has 3 aromatic rings. The Kier molecular flexibility index (Phi) is 4.56. The predicted molar refractivity (Wildman–Crippen MR) is 108 cm³/mol. The summed E-state index contributed by atoms with van der Waals surface area (Å²) in [7, 11) is 1.59. The Morgan fingerprint density at radius 3 is 2.79 bits per heavy atom. The van der Waals surface area contributed by atoms with Crippen molar-refractivity contribution < 1.29 is 5.11 Å². The van der Waals surface area contributed by atoms with Crippen LogP contribution in [0.15, 0.2) is 34.0 Å². The third-order valence-corrected chi connectivity index (χ3v) is 5.29. The topological polar surface area (TPSA) is 92.9 Å². The minimum absolute atomic E-state index is 0.0264. The number of aromatic nitrogens is 4. The third kappa shape index (κ3) is 2.93. The van der Waals surface area contributed by atoms with E-state index < -0.39 is 17.2 Å². The maximum atomic E-state index is 12.7. The number of hydrogen-bond donors (Lipinski definition) is 2. The molecule has 0 spiro atoms. The van der Waals surface area contributed by atoms with E-state index in [1.165, 1.54) is 4.57 Å². The van der Waals surface area contributed by atoms with Crippen LogP contribution in [0.25, 0.3) is 12.2 Å². The molecule has 28 heavy (non-hydrogen) atoms. The largest absolute Gasteiger partial charge is 0.395 e. The van der Waals surface area contributed by atoms with Gasteiger partial charge in [0.15, 0.2) is 0 Å². The highest BCUT2D eigenvalue weighted by Crippen LogP contribution is 2.38. The molecule has 1 aromatic carbocycles. The van der Waals surface area contributed by atoms with E-state index >= 15 is 0 Å². The molecule has 1 aliphatic carbocycles. The van der Waals surface area contributed by atoms with Gasteiger partial charge in [0.1, 0.15) is 5.82 Å². The fourth-order valence-electron chi connectivity index (χ4n) is 3.75. The van der Waals surface area contributed by atoms with Crippen LogP contribution in [0.2, 0.25) is 5.02 Å². The zero-order valence-electron chi connectivity index (χ0n) is 15.4. The van der Waals surface area contributed by atoms with Crippen molar-refractivity contribution in [2.75, 3.05) is 6.61 Å². The molecule has 2 aromatic heterocycles. The fraction of sp³-hybridized carbons (Fsp3) is 0.250. The quantitative estimate of drug-likeness (QED) is 0.551. The summed E-state index contributed by atoms with van der Waals surface area (Å²) in [4.78, 5) is 31.7. The number of nitrogens with zero attached hydrogens (tertiary/aromatic N) is 3. The summed E-state index contributed by atoms with van der Waals surface area (Å²) in [6, 6.07) is 5.50. The molecule has 0 saturated heterocycles. The Labute approximate surface area is 165 Å². The lowest BCUT2D eigenvalue weighted by molar-refractivity contribution is 0.274. The van der Waals surface area contributed by atoms with Gasteiger partial charge in [-0.05, 0) is 36.3 Å². The molecule has 0 radical (unpaired) electrons. The Morgan fingerprint density at radius 1 is 1.25 bits per heavy atom. The first-order valence-electron chi connectivity index (χ1n) is 8.86. The van der Waals surface area contributed by atoms with Crippen molar-refractivity contribution in [3.8, 4) is 0 Å². The minimum Gasteiger partial charge on any atom is -0.395 e. The summed E-state index contributed by atoms with van der Waals surface area (Å²) >= 11 is 6.19. The number of aliphatic hydroxyl groups is 1. The third-order valence-electron chi connectivity index (χ3n) is 5.05. The highest BCUT2D eigenvalue weighted by atomic mass is 35.5. The first kappa shape index (κ1) is 18.5. The lowest BCUT2D eigenvalue weighted by Crippen LogP contribution is -2.32. The molecule has 8 heteroatoms. The number of H-pyrrole nitrogens is 1. The molecule has 4 rings (SSSR count). The smallest absolute Gasteiger partial charge is 0.328 e. The fourth-order valence-corrected chi connectivity index (χ4v) is 3.93. The molecule has 7 nitrogen and oxygen atoms in total. The van der Waals surface area contributed by atoms with Gasteiger partial charge >= 0.3 is 5.69 Å². The average Bonchev–Trinajstić information content (AvgIpc) is 2.86. The summed E-state index contributed by atoms with van der Waals surface area (Å²) < 4.78 is 3.27. The first-order valence-corrected chi connectivity index (χ1v) is 9.23. The van der Waals surface area contributed by atoms with Gasteiger partial charge in [-0.3, -0.25) is 9.78 Å². The second-order valence-corrected chi connectivity index (χ2v) is 7.24. The van der Waals surface area contributed by atoms with Crippen molar-refractivity contribution in [2.45, 2.75) is 19.4 Å². The van der Waals surface area contributed by atoms with E-state index in [-0.39, 0.29) is 6.61 Å². The molecular formula is C20H19ClN4O3. The molecule has 2 heterocycles. The molecule has 2 N–H and O–H groups in total. The van der Waals surface area contributed by atoms with E-state index in [4.69, 9.17) is 16.6 Å². The zero-order valence-corrected chi connectivity index (χ0v) is 16.2. The van der Waals surface area contributed by atoms with Crippen molar-refractivity contribution in [1.29, 1.82) is 0 Å². The van der Waals surface area contributed by atoms with E-state index in [9.17, 15) is 14.7 Å². The van der Waals surface area contributed by atoms with Gasteiger partial charge in [0.2, 0.25) is 0 Å². The molecule has 1 unspecified atom stereocenters.